The number of aromatic nitrogens is 4. The summed E-state index contributed by atoms with van der Waals surface area (Å²) >= 11 is 0. The van der Waals surface area contributed by atoms with E-state index in [0.717, 1.165) is 22.6 Å². The van der Waals surface area contributed by atoms with Crippen molar-refractivity contribution in [2.24, 2.45) is 0 Å². The van der Waals surface area contributed by atoms with Crippen LogP contribution in [0.15, 0.2) is 42.9 Å². The Kier molecular flexibility index (Phi) is 2.55. The van der Waals surface area contributed by atoms with Gasteiger partial charge in [-0.25, -0.2) is 9.97 Å². The van der Waals surface area contributed by atoms with Gasteiger partial charge in [0, 0.05) is 30.2 Å². The standard InChI is InChI=1S/C14H14N4/c1-10(2)18-13(11-5-3-7-15-9-11)17-12-6-4-8-16-14(12)18/h3-10H,1-2H3. The van der Waals surface area contributed by atoms with Gasteiger partial charge in [-0.2, -0.15) is 0 Å². The molecule has 0 aliphatic heterocycles. The Labute approximate surface area is 105 Å². The topological polar surface area (TPSA) is 43.6 Å². The summed E-state index contributed by atoms with van der Waals surface area (Å²) in [5.41, 5.74) is 2.86. The van der Waals surface area contributed by atoms with Gasteiger partial charge in [-0.05, 0) is 38.1 Å². The summed E-state index contributed by atoms with van der Waals surface area (Å²) in [7, 11) is 0. The first-order valence-electron chi connectivity index (χ1n) is 6.00. The average molecular weight is 238 g/mol. The van der Waals surface area contributed by atoms with Crippen molar-refractivity contribution in [2.45, 2.75) is 19.9 Å². The normalized spacial score (nSPS) is 11.3. The lowest BCUT2D eigenvalue weighted by molar-refractivity contribution is 0.619. The van der Waals surface area contributed by atoms with Crippen LogP contribution in [0.5, 0.6) is 0 Å². The van der Waals surface area contributed by atoms with Crippen LogP contribution >= 0.6 is 0 Å². The molecule has 4 heteroatoms. The second-order valence-electron chi connectivity index (χ2n) is 4.49. The maximum atomic E-state index is 4.66. The third-order valence-corrected chi connectivity index (χ3v) is 2.88. The van der Waals surface area contributed by atoms with E-state index in [0.29, 0.717) is 6.04 Å². The molecule has 4 nitrogen and oxygen atoms in total. The summed E-state index contributed by atoms with van der Waals surface area (Å²) in [4.78, 5) is 13.3. The van der Waals surface area contributed by atoms with Gasteiger partial charge in [0.1, 0.15) is 11.3 Å². The molecule has 0 aliphatic carbocycles. The molecule has 0 radical (unpaired) electrons. The summed E-state index contributed by atoms with van der Waals surface area (Å²) in [6.07, 6.45) is 5.40. The molecule has 0 aliphatic rings. The van der Waals surface area contributed by atoms with Crippen molar-refractivity contribution in [2.75, 3.05) is 0 Å². The van der Waals surface area contributed by atoms with Crippen LogP contribution in [0.4, 0.5) is 0 Å². The number of rotatable bonds is 2. The van der Waals surface area contributed by atoms with E-state index in [4.69, 9.17) is 0 Å². The number of pyridine rings is 2. The molecule has 0 N–H and O–H groups in total. The summed E-state index contributed by atoms with van der Waals surface area (Å²) in [5, 5.41) is 0. The van der Waals surface area contributed by atoms with Gasteiger partial charge >= 0.3 is 0 Å². The number of hydrogen-bond donors (Lipinski definition) is 0. The van der Waals surface area contributed by atoms with Crippen LogP contribution in [-0.2, 0) is 0 Å². The third kappa shape index (κ3) is 1.66. The zero-order chi connectivity index (χ0) is 12.5. The zero-order valence-corrected chi connectivity index (χ0v) is 10.4. The number of nitrogens with zero attached hydrogens (tertiary/aromatic N) is 4. The van der Waals surface area contributed by atoms with E-state index in [1.165, 1.54) is 0 Å². The van der Waals surface area contributed by atoms with Crippen molar-refractivity contribution >= 4 is 11.2 Å². The lowest BCUT2D eigenvalue weighted by Crippen LogP contribution is -2.04. The fourth-order valence-corrected chi connectivity index (χ4v) is 2.12. The second-order valence-corrected chi connectivity index (χ2v) is 4.49. The van der Waals surface area contributed by atoms with Gasteiger partial charge in [0.15, 0.2) is 5.65 Å². The fraction of sp³-hybridized carbons (Fsp3) is 0.214. The highest BCUT2D eigenvalue weighted by Crippen LogP contribution is 2.26. The molecule has 3 heterocycles. The van der Waals surface area contributed by atoms with E-state index < -0.39 is 0 Å². The van der Waals surface area contributed by atoms with E-state index >= 15 is 0 Å². The quantitative estimate of drug-likeness (QED) is 0.689. The predicted molar refractivity (Wildman–Crippen MR) is 71.1 cm³/mol. The van der Waals surface area contributed by atoms with E-state index in [1.54, 1.807) is 12.4 Å². The van der Waals surface area contributed by atoms with Crippen molar-refractivity contribution in [1.29, 1.82) is 0 Å². The van der Waals surface area contributed by atoms with Crippen LogP contribution < -0.4 is 0 Å². The van der Waals surface area contributed by atoms with Crippen LogP contribution in [0.1, 0.15) is 19.9 Å². The second kappa shape index (κ2) is 4.22. The minimum absolute atomic E-state index is 0.306. The highest BCUT2D eigenvalue weighted by Gasteiger charge is 2.15. The Balaban J connectivity index is 2.32. The Morgan fingerprint density at radius 2 is 1.94 bits per heavy atom. The van der Waals surface area contributed by atoms with Crippen LogP contribution in [-0.4, -0.2) is 19.5 Å². The van der Waals surface area contributed by atoms with E-state index in [1.807, 2.05) is 30.5 Å². The number of hydrogen-bond acceptors (Lipinski definition) is 3. The Morgan fingerprint density at radius 3 is 2.67 bits per heavy atom. The van der Waals surface area contributed by atoms with Gasteiger partial charge in [-0.3, -0.25) is 4.98 Å². The molecule has 0 saturated carbocycles. The monoisotopic (exact) mass is 238 g/mol. The highest BCUT2D eigenvalue weighted by atomic mass is 15.1. The van der Waals surface area contributed by atoms with Gasteiger partial charge in [-0.15, -0.1) is 0 Å². The maximum Gasteiger partial charge on any atom is 0.160 e. The fourth-order valence-electron chi connectivity index (χ4n) is 2.12. The van der Waals surface area contributed by atoms with Crippen LogP contribution in [0.3, 0.4) is 0 Å². The van der Waals surface area contributed by atoms with Gasteiger partial charge in [0.25, 0.3) is 0 Å². The molecule has 0 aromatic carbocycles. The molecule has 0 bridgehead atoms. The summed E-state index contributed by atoms with van der Waals surface area (Å²) in [6, 6.07) is 8.15. The minimum Gasteiger partial charge on any atom is -0.306 e. The van der Waals surface area contributed by atoms with Crippen LogP contribution in [0.2, 0.25) is 0 Å². The zero-order valence-electron chi connectivity index (χ0n) is 10.4. The van der Waals surface area contributed by atoms with Gasteiger partial charge in [-0.1, -0.05) is 0 Å². The Hall–Kier alpha value is -2.23. The SMILES string of the molecule is CC(C)n1c(-c2cccnc2)nc2cccnc21. The molecular weight excluding hydrogens is 224 g/mol. The first-order chi connectivity index (χ1) is 8.77. The molecular formula is C14H14N4. The van der Waals surface area contributed by atoms with Crippen LogP contribution in [0, 0.1) is 0 Å². The van der Waals surface area contributed by atoms with Crippen molar-refractivity contribution in [3.8, 4) is 11.4 Å². The first-order valence-corrected chi connectivity index (χ1v) is 6.00. The van der Waals surface area contributed by atoms with E-state index in [9.17, 15) is 0 Å². The van der Waals surface area contributed by atoms with Gasteiger partial charge in [0.05, 0.1) is 0 Å². The maximum absolute atomic E-state index is 4.66. The predicted octanol–water partition coefficient (Wildman–Crippen LogP) is 3.07. The first kappa shape index (κ1) is 10.9. The summed E-state index contributed by atoms with van der Waals surface area (Å²) < 4.78 is 2.15. The minimum atomic E-state index is 0.306. The molecule has 0 spiro atoms. The van der Waals surface area contributed by atoms with E-state index in [2.05, 4.69) is 33.4 Å². The molecule has 3 aromatic rings. The van der Waals surface area contributed by atoms with E-state index in [-0.39, 0.29) is 0 Å². The smallest absolute Gasteiger partial charge is 0.160 e. The van der Waals surface area contributed by atoms with Crippen molar-refractivity contribution in [1.82, 2.24) is 19.5 Å². The molecule has 90 valence electrons. The Morgan fingerprint density at radius 1 is 1.11 bits per heavy atom. The molecule has 0 atom stereocenters. The molecule has 18 heavy (non-hydrogen) atoms. The summed E-state index contributed by atoms with van der Waals surface area (Å²) in [5.74, 6) is 0.923. The van der Waals surface area contributed by atoms with Crippen LogP contribution in [0.25, 0.3) is 22.6 Å². The van der Waals surface area contributed by atoms with Gasteiger partial charge < -0.3 is 4.57 Å². The third-order valence-electron chi connectivity index (χ3n) is 2.88. The Bertz CT molecular complexity index is 671. The molecule has 0 amide bonds. The summed E-state index contributed by atoms with van der Waals surface area (Å²) in [6.45, 7) is 4.27. The van der Waals surface area contributed by atoms with Crippen molar-refractivity contribution in [3.63, 3.8) is 0 Å². The number of imidazole rings is 1. The van der Waals surface area contributed by atoms with Crippen molar-refractivity contribution in [3.05, 3.63) is 42.9 Å². The van der Waals surface area contributed by atoms with Gasteiger partial charge in [0.2, 0.25) is 0 Å². The average Bonchev–Trinajstić information content (AvgIpc) is 2.79. The van der Waals surface area contributed by atoms with Crippen molar-refractivity contribution < 1.29 is 0 Å². The largest absolute Gasteiger partial charge is 0.306 e. The highest BCUT2D eigenvalue weighted by molar-refractivity contribution is 5.77. The molecule has 3 aromatic heterocycles. The lowest BCUT2D eigenvalue weighted by atomic mass is 10.2. The molecule has 0 fully saturated rings. The molecule has 0 saturated heterocycles. The number of fused-ring (bicyclic) bond motifs is 1. The molecule has 0 unspecified atom stereocenters. The molecule has 3 rings (SSSR count). The lowest BCUT2D eigenvalue weighted by Gasteiger charge is -2.11.